The lowest BCUT2D eigenvalue weighted by molar-refractivity contribution is -0.137. The molecule has 28 heavy (non-hydrogen) atoms. The quantitative estimate of drug-likeness (QED) is 0.413. The molecule has 9 heteroatoms. The van der Waals surface area contributed by atoms with Crippen molar-refractivity contribution in [3.8, 4) is 22.9 Å². The number of benzene rings is 2. The fraction of sp³-hybridized carbons (Fsp3) is 0.0526. The summed E-state index contributed by atoms with van der Waals surface area (Å²) in [6.07, 6.45) is -4.47. The van der Waals surface area contributed by atoms with Crippen LogP contribution in [0.4, 0.5) is 26.3 Å². The van der Waals surface area contributed by atoms with Crippen molar-refractivity contribution in [2.45, 2.75) is 6.18 Å². The predicted molar refractivity (Wildman–Crippen MR) is 86.5 cm³/mol. The molecule has 0 spiro atoms. The number of hydrogen-bond acceptors (Lipinski definition) is 3. The molecule has 144 valence electrons. The van der Waals surface area contributed by atoms with E-state index in [1.54, 1.807) is 0 Å². The maximum Gasteiger partial charge on any atom is 0.416 e. The lowest BCUT2D eigenvalue weighted by Gasteiger charge is -2.12. The van der Waals surface area contributed by atoms with Crippen LogP contribution < -0.4 is 4.74 Å². The molecule has 2 aromatic carbocycles. The molecule has 1 heterocycles. The van der Waals surface area contributed by atoms with Gasteiger partial charge in [-0.1, -0.05) is 6.07 Å². The molecule has 3 rings (SSSR count). The topological polar surface area (TPSA) is 39.2 Å². The van der Waals surface area contributed by atoms with Crippen molar-refractivity contribution in [1.29, 1.82) is 0 Å². The van der Waals surface area contributed by atoms with Crippen LogP contribution >= 0.6 is 0 Å². The van der Waals surface area contributed by atoms with E-state index in [4.69, 9.17) is 4.74 Å². The van der Waals surface area contributed by atoms with Crippen LogP contribution in [0.2, 0.25) is 0 Å². The SMILES string of the molecule is O=Cc1ccc(-c2cccc(F)c2F)nc1Oc1cc(C(F)(F)F)ccc1F. The molecule has 3 aromatic rings. The Morgan fingerprint density at radius 2 is 1.68 bits per heavy atom. The van der Waals surface area contributed by atoms with Crippen molar-refractivity contribution in [3.05, 3.63) is 77.1 Å². The Morgan fingerprint density at radius 1 is 0.929 bits per heavy atom. The normalized spacial score (nSPS) is 11.4. The average molecular weight is 397 g/mol. The monoisotopic (exact) mass is 397 g/mol. The molecule has 1 aromatic heterocycles. The van der Waals surface area contributed by atoms with Crippen molar-refractivity contribution in [1.82, 2.24) is 4.98 Å². The number of alkyl halides is 3. The number of pyridine rings is 1. The standard InChI is InChI=1S/C19H9F6NO2/c20-13-6-5-11(19(23,24)25)8-16(13)28-18-10(9-27)4-7-15(26-18)12-2-1-3-14(21)17(12)22/h1-9H. The van der Waals surface area contributed by atoms with Gasteiger partial charge in [-0.05, 0) is 42.5 Å². The molecule has 0 aliphatic heterocycles. The van der Waals surface area contributed by atoms with Crippen LogP contribution in [0.1, 0.15) is 15.9 Å². The van der Waals surface area contributed by atoms with Gasteiger partial charge in [-0.3, -0.25) is 4.79 Å². The van der Waals surface area contributed by atoms with E-state index in [-0.39, 0.29) is 23.1 Å². The molecule has 0 aliphatic rings. The number of carbonyl (C=O) groups is 1. The number of carbonyl (C=O) groups excluding carboxylic acids is 1. The minimum atomic E-state index is -4.75. The number of hydrogen-bond donors (Lipinski definition) is 0. The van der Waals surface area contributed by atoms with Gasteiger partial charge in [-0.15, -0.1) is 0 Å². The van der Waals surface area contributed by atoms with E-state index >= 15 is 0 Å². The molecule has 0 fully saturated rings. The zero-order valence-corrected chi connectivity index (χ0v) is 13.7. The lowest BCUT2D eigenvalue weighted by Crippen LogP contribution is -2.06. The highest BCUT2D eigenvalue weighted by Crippen LogP contribution is 2.35. The molecule has 0 amide bonds. The Kier molecular flexibility index (Phi) is 5.08. The Balaban J connectivity index is 2.07. The molecule has 0 unspecified atom stereocenters. The third-order valence-corrected chi connectivity index (χ3v) is 3.71. The van der Waals surface area contributed by atoms with E-state index in [9.17, 15) is 31.1 Å². The number of halogens is 6. The van der Waals surface area contributed by atoms with Crippen LogP contribution in [0.5, 0.6) is 11.6 Å². The van der Waals surface area contributed by atoms with Crippen LogP contribution in [0.3, 0.4) is 0 Å². The Labute approximate surface area is 154 Å². The second-order valence-corrected chi connectivity index (χ2v) is 5.56. The van der Waals surface area contributed by atoms with Crippen molar-refractivity contribution in [2.24, 2.45) is 0 Å². The largest absolute Gasteiger partial charge is 0.435 e. The molecule has 0 aliphatic carbocycles. The third-order valence-electron chi connectivity index (χ3n) is 3.71. The van der Waals surface area contributed by atoms with Crippen LogP contribution in [0.25, 0.3) is 11.3 Å². The summed E-state index contributed by atoms with van der Waals surface area (Å²) in [7, 11) is 0. The van der Waals surface area contributed by atoms with Crippen LogP contribution in [-0.4, -0.2) is 11.3 Å². The first kappa shape index (κ1) is 19.4. The summed E-state index contributed by atoms with van der Waals surface area (Å²) < 4.78 is 84.8. The van der Waals surface area contributed by atoms with Crippen molar-refractivity contribution in [2.75, 3.05) is 0 Å². The Morgan fingerprint density at radius 3 is 2.36 bits per heavy atom. The highest BCUT2D eigenvalue weighted by Gasteiger charge is 2.31. The molecule has 0 bridgehead atoms. The van der Waals surface area contributed by atoms with E-state index in [2.05, 4.69) is 4.98 Å². The smallest absolute Gasteiger partial charge is 0.416 e. The third kappa shape index (κ3) is 3.83. The fourth-order valence-electron chi connectivity index (χ4n) is 2.34. The molecule has 0 atom stereocenters. The molecule has 3 nitrogen and oxygen atoms in total. The summed E-state index contributed by atoms with van der Waals surface area (Å²) in [5, 5.41) is 0. The second kappa shape index (κ2) is 7.34. The minimum absolute atomic E-state index is 0.162. The molecule has 0 radical (unpaired) electrons. The lowest BCUT2D eigenvalue weighted by atomic mass is 10.1. The predicted octanol–water partition coefficient (Wildman–Crippen LogP) is 5.79. The summed E-state index contributed by atoms with van der Waals surface area (Å²) in [6.45, 7) is 0. The van der Waals surface area contributed by atoms with Gasteiger partial charge in [-0.25, -0.2) is 18.2 Å². The van der Waals surface area contributed by atoms with Gasteiger partial charge < -0.3 is 4.74 Å². The van der Waals surface area contributed by atoms with Crippen molar-refractivity contribution < 1.29 is 35.9 Å². The van der Waals surface area contributed by atoms with E-state index in [0.717, 1.165) is 12.1 Å². The zero-order valence-electron chi connectivity index (χ0n) is 13.7. The summed E-state index contributed by atoms with van der Waals surface area (Å²) in [6, 6.07) is 7.11. The summed E-state index contributed by atoms with van der Waals surface area (Å²) in [4.78, 5) is 15.0. The number of aldehydes is 1. The van der Waals surface area contributed by atoms with Crippen LogP contribution in [0.15, 0.2) is 48.5 Å². The van der Waals surface area contributed by atoms with Gasteiger partial charge in [0.1, 0.15) is 0 Å². The molecule has 0 saturated carbocycles. The molecule has 0 N–H and O–H groups in total. The van der Waals surface area contributed by atoms with E-state index < -0.39 is 40.8 Å². The summed E-state index contributed by atoms with van der Waals surface area (Å²) in [5.41, 5.74) is -1.84. The van der Waals surface area contributed by atoms with Crippen LogP contribution in [0, 0.1) is 17.5 Å². The van der Waals surface area contributed by atoms with E-state index in [0.29, 0.717) is 18.2 Å². The number of ether oxygens (including phenoxy) is 1. The summed E-state index contributed by atoms with van der Waals surface area (Å²) in [5.74, 6) is -4.89. The van der Waals surface area contributed by atoms with Crippen molar-refractivity contribution in [3.63, 3.8) is 0 Å². The second-order valence-electron chi connectivity index (χ2n) is 5.56. The summed E-state index contributed by atoms with van der Waals surface area (Å²) >= 11 is 0. The van der Waals surface area contributed by atoms with E-state index in [1.807, 2.05) is 0 Å². The highest BCUT2D eigenvalue weighted by atomic mass is 19.4. The molecular weight excluding hydrogens is 388 g/mol. The maximum absolute atomic E-state index is 14.0. The number of nitrogens with zero attached hydrogens (tertiary/aromatic N) is 1. The maximum atomic E-state index is 14.0. The number of rotatable bonds is 4. The number of aromatic nitrogens is 1. The highest BCUT2D eigenvalue weighted by molar-refractivity contribution is 5.79. The molecule has 0 saturated heterocycles. The van der Waals surface area contributed by atoms with Crippen LogP contribution in [-0.2, 0) is 6.18 Å². The van der Waals surface area contributed by atoms with Gasteiger partial charge in [0.25, 0.3) is 0 Å². The van der Waals surface area contributed by atoms with Gasteiger partial charge in [0.2, 0.25) is 5.88 Å². The first-order valence-electron chi connectivity index (χ1n) is 7.66. The average Bonchev–Trinajstić information content (AvgIpc) is 2.65. The zero-order chi connectivity index (χ0) is 20.5. The van der Waals surface area contributed by atoms with Gasteiger partial charge in [0, 0.05) is 5.56 Å². The Bertz CT molecular complexity index is 1050. The first-order chi connectivity index (χ1) is 13.2. The van der Waals surface area contributed by atoms with E-state index in [1.165, 1.54) is 18.2 Å². The van der Waals surface area contributed by atoms with Crippen molar-refractivity contribution >= 4 is 6.29 Å². The Hall–Kier alpha value is -3.36. The minimum Gasteiger partial charge on any atom is -0.435 e. The first-order valence-corrected chi connectivity index (χ1v) is 7.66. The molecular formula is C19H9F6NO2. The van der Waals surface area contributed by atoms with Gasteiger partial charge >= 0.3 is 6.18 Å². The fourth-order valence-corrected chi connectivity index (χ4v) is 2.34. The van der Waals surface area contributed by atoms with Gasteiger partial charge in [0.15, 0.2) is 29.5 Å². The van der Waals surface area contributed by atoms with Gasteiger partial charge in [-0.2, -0.15) is 13.2 Å². The van der Waals surface area contributed by atoms with Gasteiger partial charge in [0.05, 0.1) is 16.8 Å².